The average molecular weight is 304 g/mol. The van der Waals surface area contributed by atoms with Crippen molar-refractivity contribution < 1.29 is 5.11 Å². The molecule has 1 nitrogen and oxygen atoms in total. The topological polar surface area (TPSA) is 20.2 Å². The minimum Gasteiger partial charge on any atom is -0.508 e. The summed E-state index contributed by atoms with van der Waals surface area (Å²) in [6, 6.07) is 3.97. The van der Waals surface area contributed by atoms with Crippen molar-refractivity contribution in [3.8, 4) is 5.75 Å². The van der Waals surface area contributed by atoms with Gasteiger partial charge in [-0.25, -0.2) is 0 Å². The first kappa shape index (κ1) is 9.27. The number of phenolic OH excluding ortho intramolecular Hbond substituents is 1. The van der Waals surface area contributed by atoms with Gasteiger partial charge in [0.2, 0.25) is 0 Å². The lowest BCUT2D eigenvalue weighted by Crippen LogP contribution is -1.87. The molecule has 2 rings (SSSR count). The first-order valence-electron chi connectivity index (χ1n) is 4.11. The van der Waals surface area contributed by atoms with Gasteiger partial charge in [-0.3, -0.25) is 0 Å². The molecule has 0 aliphatic heterocycles. The van der Waals surface area contributed by atoms with Gasteiger partial charge in [0, 0.05) is 19.2 Å². The third kappa shape index (κ3) is 1.44. The fourth-order valence-corrected chi connectivity index (χ4v) is 3.58. The Morgan fingerprint density at radius 3 is 3.00 bits per heavy atom. The van der Waals surface area contributed by atoms with Gasteiger partial charge in [-0.05, 0) is 46.5 Å². The number of thiophene rings is 1. The van der Waals surface area contributed by atoms with Crippen LogP contribution in [-0.4, -0.2) is 5.11 Å². The van der Waals surface area contributed by atoms with Crippen molar-refractivity contribution in [2.45, 2.75) is 13.3 Å². The van der Waals surface area contributed by atoms with Gasteiger partial charge in [0.1, 0.15) is 5.75 Å². The summed E-state index contributed by atoms with van der Waals surface area (Å²) in [6.45, 7) is 2.06. The lowest BCUT2D eigenvalue weighted by atomic mass is 10.1. The van der Waals surface area contributed by atoms with Crippen LogP contribution in [0.4, 0.5) is 0 Å². The number of halogens is 1. The van der Waals surface area contributed by atoms with E-state index in [1.807, 2.05) is 6.07 Å². The van der Waals surface area contributed by atoms with Crippen LogP contribution in [0.5, 0.6) is 5.75 Å². The van der Waals surface area contributed by atoms with Gasteiger partial charge in [0.25, 0.3) is 0 Å². The number of hydrogen-bond acceptors (Lipinski definition) is 2. The summed E-state index contributed by atoms with van der Waals surface area (Å²) in [4.78, 5) is 0. The van der Waals surface area contributed by atoms with Crippen LogP contribution in [0.2, 0.25) is 0 Å². The maximum atomic E-state index is 9.71. The van der Waals surface area contributed by atoms with Crippen molar-refractivity contribution in [3.05, 3.63) is 26.6 Å². The number of benzene rings is 1. The van der Waals surface area contributed by atoms with Crippen molar-refractivity contribution in [2.24, 2.45) is 0 Å². The second-order valence-electron chi connectivity index (χ2n) is 2.87. The summed E-state index contributed by atoms with van der Waals surface area (Å²) in [5, 5.41) is 13.0. The zero-order valence-corrected chi connectivity index (χ0v) is 10.1. The van der Waals surface area contributed by atoms with E-state index in [0.717, 1.165) is 12.0 Å². The molecule has 0 aliphatic carbocycles. The van der Waals surface area contributed by atoms with E-state index in [9.17, 15) is 5.11 Å². The number of aromatic hydroxyl groups is 1. The van der Waals surface area contributed by atoms with E-state index in [1.165, 1.54) is 13.7 Å². The Morgan fingerprint density at radius 1 is 1.54 bits per heavy atom. The summed E-state index contributed by atoms with van der Waals surface area (Å²) in [5.74, 6) is 0.432. The molecule has 1 N–H and O–H groups in total. The Balaban J connectivity index is 2.85. The molecule has 0 spiro atoms. The predicted molar refractivity (Wildman–Crippen MR) is 65.6 cm³/mol. The molecule has 0 radical (unpaired) electrons. The van der Waals surface area contributed by atoms with Gasteiger partial charge >= 0.3 is 0 Å². The zero-order valence-electron chi connectivity index (χ0n) is 7.17. The number of rotatable bonds is 1. The minimum absolute atomic E-state index is 0.432. The van der Waals surface area contributed by atoms with E-state index in [-0.39, 0.29) is 0 Å². The first-order valence-corrected chi connectivity index (χ1v) is 6.07. The molecule has 0 bridgehead atoms. The molecular formula is C10H9IOS. The Morgan fingerprint density at radius 2 is 2.31 bits per heavy atom. The average Bonchev–Trinajstić information content (AvgIpc) is 2.53. The Bertz CT molecular complexity index is 447. The highest BCUT2D eigenvalue weighted by atomic mass is 127. The maximum Gasteiger partial charge on any atom is 0.121 e. The molecule has 1 aromatic carbocycles. The van der Waals surface area contributed by atoms with Crippen molar-refractivity contribution in [2.75, 3.05) is 0 Å². The molecule has 68 valence electrons. The minimum atomic E-state index is 0.432. The lowest BCUT2D eigenvalue weighted by Gasteiger charge is -2.05. The monoisotopic (exact) mass is 304 g/mol. The van der Waals surface area contributed by atoms with Gasteiger partial charge in [-0.1, -0.05) is 6.92 Å². The highest BCUT2D eigenvalue weighted by Gasteiger charge is 2.09. The summed E-state index contributed by atoms with van der Waals surface area (Å²) in [6.07, 6.45) is 0.885. The molecule has 0 saturated heterocycles. The van der Waals surface area contributed by atoms with E-state index in [0.29, 0.717) is 5.75 Å². The largest absolute Gasteiger partial charge is 0.508 e. The molecule has 0 fully saturated rings. The van der Waals surface area contributed by atoms with Crippen LogP contribution in [0, 0.1) is 3.57 Å². The normalized spacial score (nSPS) is 10.9. The van der Waals surface area contributed by atoms with E-state index >= 15 is 0 Å². The highest BCUT2D eigenvalue weighted by molar-refractivity contribution is 14.1. The van der Waals surface area contributed by atoms with Gasteiger partial charge in [-0.2, -0.15) is 0 Å². The van der Waals surface area contributed by atoms with Gasteiger partial charge in [-0.15, -0.1) is 11.3 Å². The van der Waals surface area contributed by atoms with Gasteiger partial charge in [0.05, 0.1) is 0 Å². The molecule has 2 aromatic rings. The van der Waals surface area contributed by atoms with Gasteiger partial charge < -0.3 is 5.11 Å². The third-order valence-corrected chi connectivity index (χ3v) is 4.22. The SMILES string of the molecule is CCc1c(O)cc2sccc2c1I. The number of phenols is 1. The summed E-state index contributed by atoms with van der Waals surface area (Å²) >= 11 is 3.98. The first-order chi connectivity index (χ1) is 6.24. The van der Waals surface area contributed by atoms with Crippen LogP contribution < -0.4 is 0 Å². The predicted octanol–water partition coefficient (Wildman–Crippen LogP) is 3.77. The second kappa shape index (κ2) is 3.46. The van der Waals surface area contributed by atoms with Crippen LogP contribution in [-0.2, 0) is 6.42 Å². The standard InChI is InChI=1S/C10H9IOS/c1-2-6-8(12)5-9-7(10(6)11)3-4-13-9/h3-5,12H,2H2,1H3. The van der Waals surface area contributed by atoms with Crippen molar-refractivity contribution in [1.29, 1.82) is 0 Å². The van der Waals surface area contributed by atoms with E-state index in [2.05, 4.69) is 41.0 Å². The molecule has 13 heavy (non-hydrogen) atoms. The molecule has 0 atom stereocenters. The fourth-order valence-electron chi connectivity index (χ4n) is 1.44. The van der Waals surface area contributed by atoms with Gasteiger partial charge in [0.15, 0.2) is 0 Å². The zero-order chi connectivity index (χ0) is 9.42. The third-order valence-electron chi connectivity index (χ3n) is 2.13. The molecular weight excluding hydrogens is 295 g/mol. The smallest absolute Gasteiger partial charge is 0.121 e. The molecule has 0 unspecified atom stereocenters. The number of hydrogen-bond donors (Lipinski definition) is 1. The highest BCUT2D eigenvalue weighted by Crippen LogP contribution is 2.34. The Kier molecular flexibility index (Phi) is 2.47. The van der Waals surface area contributed by atoms with E-state index in [4.69, 9.17) is 0 Å². The molecule has 0 aliphatic rings. The summed E-state index contributed by atoms with van der Waals surface area (Å²) in [5.41, 5.74) is 1.06. The Labute approximate surface area is 94.5 Å². The molecule has 1 aromatic heterocycles. The van der Waals surface area contributed by atoms with Crippen LogP contribution in [0.15, 0.2) is 17.5 Å². The number of fused-ring (bicyclic) bond motifs is 1. The quantitative estimate of drug-likeness (QED) is 0.795. The van der Waals surface area contributed by atoms with Crippen molar-refractivity contribution in [1.82, 2.24) is 0 Å². The molecule has 1 heterocycles. The van der Waals surface area contributed by atoms with Crippen molar-refractivity contribution >= 4 is 44.0 Å². The van der Waals surface area contributed by atoms with Crippen LogP contribution >= 0.6 is 33.9 Å². The fraction of sp³-hybridized carbons (Fsp3) is 0.200. The van der Waals surface area contributed by atoms with E-state index < -0.39 is 0 Å². The second-order valence-corrected chi connectivity index (χ2v) is 4.90. The summed E-state index contributed by atoms with van der Waals surface area (Å²) < 4.78 is 2.36. The molecule has 3 heteroatoms. The summed E-state index contributed by atoms with van der Waals surface area (Å²) in [7, 11) is 0. The molecule has 0 saturated carbocycles. The molecule has 0 amide bonds. The van der Waals surface area contributed by atoms with Crippen molar-refractivity contribution in [3.63, 3.8) is 0 Å². The van der Waals surface area contributed by atoms with Crippen LogP contribution in [0.3, 0.4) is 0 Å². The van der Waals surface area contributed by atoms with Crippen LogP contribution in [0.1, 0.15) is 12.5 Å². The van der Waals surface area contributed by atoms with E-state index in [1.54, 1.807) is 11.3 Å². The van der Waals surface area contributed by atoms with Crippen LogP contribution in [0.25, 0.3) is 10.1 Å². The Hall–Kier alpha value is -0.290. The maximum absolute atomic E-state index is 9.71. The lowest BCUT2D eigenvalue weighted by molar-refractivity contribution is 0.469.